The second kappa shape index (κ2) is 5.22. The van der Waals surface area contributed by atoms with E-state index < -0.39 is 0 Å². The Balaban J connectivity index is 1.75. The maximum Gasteiger partial charge on any atom is 0.257 e. The molecule has 1 aromatic heterocycles. The summed E-state index contributed by atoms with van der Waals surface area (Å²) in [6.07, 6.45) is 0.850. The van der Waals surface area contributed by atoms with Crippen molar-refractivity contribution in [3.05, 3.63) is 40.4 Å². The van der Waals surface area contributed by atoms with Gasteiger partial charge in [-0.2, -0.15) is 0 Å². The average molecular weight is 289 g/mol. The largest absolute Gasteiger partial charge is 0.493 e. The lowest BCUT2D eigenvalue weighted by atomic mass is 10.1. The highest BCUT2D eigenvalue weighted by Crippen LogP contribution is 2.26. The Morgan fingerprint density at radius 3 is 3.15 bits per heavy atom. The third kappa shape index (κ3) is 2.52. The van der Waals surface area contributed by atoms with Crippen LogP contribution in [-0.2, 0) is 6.42 Å². The molecule has 1 amide bonds. The van der Waals surface area contributed by atoms with Gasteiger partial charge in [-0.1, -0.05) is 0 Å². The van der Waals surface area contributed by atoms with Gasteiger partial charge in [-0.3, -0.25) is 10.1 Å². The number of amides is 1. The number of thiazole rings is 1. The van der Waals surface area contributed by atoms with Gasteiger partial charge in [0.25, 0.3) is 5.91 Å². The average Bonchev–Trinajstić information content (AvgIpc) is 3.05. The summed E-state index contributed by atoms with van der Waals surface area (Å²) in [5.74, 6) is 0.709. The quantitative estimate of drug-likeness (QED) is 0.909. The summed E-state index contributed by atoms with van der Waals surface area (Å²) in [7, 11) is 0. The lowest BCUT2D eigenvalue weighted by molar-refractivity contribution is 0.102. The van der Waals surface area contributed by atoms with Crippen LogP contribution in [0.1, 0.15) is 34.6 Å². The molecule has 0 fully saturated rings. The van der Waals surface area contributed by atoms with E-state index in [1.807, 2.05) is 24.4 Å². The van der Waals surface area contributed by atoms with E-state index in [0.717, 1.165) is 23.4 Å². The molecule has 0 aliphatic carbocycles. The zero-order valence-electron chi connectivity index (χ0n) is 11.1. The van der Waals surface area contributed by atoms with Crippen LogP contribution in [0.25, 0.3) is 0 Å². The maximum atomic E-state index is 12.2. The maximum absolute atomic E-state index is 12.2. The highest BCUT2D eigenvalue weighted by atomic mass is 32.1. The van der Waals surface area contributed by atoms with Gasteiger partial charge < -0.3 is 10.5 Å². The van der Waals surface area contributed by atoms with Gasteiger partial charge in [0.05, 0.1) is 12.3 Å². The van der Waals surface area contributed by atoms with Crippen molar-refractivity contribution < 1.29 is 9.53 Å². The summed E-state index contributed by atoms with van der Waals surface area (Å²) in [5.41, 5.74) is 8.23. The van der Waals surface area contributed by atoms with Gasteiger partial charge in [0.1, 0.15) is 5.75 Å². The van der Waals surface area contributed by atoms with E-state index >= 15 is 0 Å². The number of carbonyl (C=O) groups excluding carboxylic acids is 1. The minimum Gasteiger partial charge on any atom is -0.493 e. The van der Waals surface area contributed by atoms with E-state index in [9.17, 15) is 4.79 Å². The number of nitrogens with one attached hydrogen (secondary N) is 1. The van der Waals surface area contributed by atoms with Crippen LogP contribution in [0.15, 0.2) is 23.6 Å². The Bertz CT molecular complexity index is 652. The molecule has 1 aliphatic rings. The molecule has 0 saturated heterocycles. The van der Waals surface area contributed by atoms with Crippen molar-refractivity contribution in [3.8, 4) is 5.75 Å². The molecule has 5 nitrogen and oxygen atoms in total. The summed E-state index contributed by atoms with van der Waals surface area (Å²) < 4.78 is 5.43. The van der Waals surface area contributed by atoms with Gasteiger partial charge in [0.15, 0.2) is 5.13 Å². The molecule has 0 radical (unpaired) electrons. The third-order valence-electron chi connectivity index (χ3n) is 3.16. The fourth-order valence-electron chi connectivity index (χ4n) is 2.05. The Morgan fingerprint density at radius 2 is 2.40 bits per heavy atom. The molecule has 104 valence electrons. The summed E-state index contributed by atoms with van der Waals surface area (Å²) in [6, 6.07) is 5.35. The smallest absolute Gasteiger partial charge is 0.257 e. The van der Waals surface area contributed by atoms with Crippen molar-refractivity contribution in [2.75, 3.05) is 11.9 Å². The van der Waals surface area contributed by atoms with Gasteiger partial charge in [0, 0.05) is 23.4 Å². The predicted octanol–water partition coefficient (Wildman–Crippen LogP) is 2.35. The predicted molar refractivity (Wildman–Crippen MR) is 78.3 cm³/mol. The van der Waals surface area contributed by atoms with Crippen LogP contribution in [0.5, 0.6) is 5.75 Å². The number of hydrogen-bond donors (Lipinski definition) is 2. The zero-order valence-corrected chi connectivity index (χ0v) is 11.9. The normalized spacial score (nSPS) is 14.5. The summed E-state index contributed by atoms with van der Waals surface area (Å²) in [6.45, 7) is 2.55. The number of fused-ring (bicyclic) bond motifs is 1. The molecule has 1 atom stereocenters. The number of hydrogen-bond acceptors (Lipinski definition) is 5. The highest BCUT2D eigenvalue weighted by Gasteiger charge is 2.16. The number of carbonyl (C=O) groups is 1. The Kier molecular flexibility index (Phi) is 3.42. The number of nitrogens with two attached hydrogens (primary N) is 1. The second-order valence-corrected chi connectivity index (χ2v) is 5.60. The molecule has 2 aromatic rings. The topological polar surface area (TPSA) is 77.2 Å². The first kappa shape index (κ1) is 13.1. The summed E-state index contributed by atoms with van der Waals surface area (Å²) in [4.78, 5) is 16.5. The van der Waals surface area contributed by atoms with Crippen LogP contribution in [0.3, 0.4) is 0 Å². The number of aromatic nitrogens is 1. The van der Waals surface area contributed by atoms with Crippen molar-refractivity contribution in [2.24, 2.45) is 5.73 Å². The van der Waals surface area contributed by atoms with Crippen molar-refractivity contribution >= 4 is 22.4 Å². The summed E-state index contributed by atoms with van der Waals surface area (Å²) in [5, 5.41) is 5.22. The molecule has 0 bridgehead atoms. The van der Waals surface area contributed by atoms with Crippen LogP contribution in [0, 0.1) is 0 Å². The Labute approximate surface area is 120 Å². The molecule has 1 unspecified atom stereocenters. The van der Waals surface area contributed by atoms with E-state index in [1.54, 1.807) is 6.07 Å². The van der Waals surface area contributed by atoms with Crippen LogP contribution in [0.2, 0.25) is 0 Å². The molecule has 3 rings (SSSR count). The number of benzene rings is 1. The number of anilines is 1. The fraction of sp³-hybridized carbons (Fsp3) is 0.286. The van der Waals surface area contributed by atoms with Gasteiger partial charge in [-0.25, -0.2) is 4.98 Å². The highest BCUT2D eigenvalue weighted by molar-refractivity contribution is 7.14. The molecule has 20 heavy (non-hydrogen) atoms. The molecule has 2 heterocycles. The zero-order chi connectivity index (χ0) is 14.1. The fourth-order valence-corrected chi connectivity index (χ4v) is 2.86. The molecule has 6 heteroatoms. The Morgan fingerprint density at radius 1 is 1.55 bits per heavy atom. The molecular formula is C14H15N3O2S. The number of nitrogens with zero attached hydrogens (tertiary/aromatic N) is 1. The molecule has 0 spiro atoms. The minimum atomic E-state index is -0.162. The van der Waals surface area contributed by atoms with E-state index in [4.69, 9.17) is 10.5 Å². The van der Waals surface area contributed by atoms with E-state index in [-0.39, 0.29) is 11.9 Å². The third-order valence-corrected chi connectivity index (χ3v) is 3.94. The standard InChI is InChI=1S/C14H15N3O2S/c1-8(15)11-7-20-14(16-11)17-13(18)10-2-3-12-9(6-10)4-5-19-12/h2-3,6-8H,4-5,15H2,1H3,(H,16,17,18). The van der Waals surface area contributed by atoms with Crippen LogP contribution in [-0.4, -0.2) is 17.5 Å². The van der Waals surface area contributed by atoms with Crippen molar-refractivity contribution in [3.63, 3.8) is 0 Å². The lowest BCUT2D eigenvalue weighted by Crippen LogP contribution is -2.12. The Hall–Kier alpha value is -1.92. The van der Waals surface area contributed by atoms with Gasteiger partial charge in [0.2, 0.25) is 0 Å². The first-order valence-corrected chi connectivity index (χ1v) is 7.29. The lowest BCUT2D eigenvalue weighted by Gasteiger charge is -2.04. The van der Waals surface area contributed by atoms with Crippen molar-refractivity contribution in [1.82, 2.24) is 4.98 Å². The number of ether oxygens (including phenoxy) is 1. The number of rotatable bonds is 3. The summed E-state index contributed by atoms with van der Waals surface area (Å²) >= 11 is 1.38. The van der Waals surface area contributed by atoms with Crippen LogP contribution < -0.4 is 15.8 Å². The SMILES string of the molecule is CC(N)c1csc(NC(=O)c2ccc3c(c2)CCO3)n1. The first-order valence-electron chi connectivity index (χ1n) is 6.41. The van der Waals surface area contributed by atoms with E-state index in [2.05, 4.69) is 10.3 Å². The first-order chi connectivity index (χ1) is 9.63. The molecule has 1 aromatic carbocycles. The van der Waals surface area contributed by atoms with Gasteiger partial charge in [-0.05, 0) is 30.7 Å². The molecule has 1 aliphatic heterocycles. The van der Waals surface area contributed by atoms with Crippen LogP contribution >= 0.6 is 11.3 Å². The van der Waals surface area contributed by atoms with E-state index in [1.165, 1.54) is 11.3 Å². The van der Waals surface area contributed by atoms with Crippen LogP contribution in [0.4, 0.5) is 5.13 Å². The molecule has 3 N–H and O–H groups in total. The molecular weight excluding hydrogens is 274 g/mol. The van der Waals surface area contributed by atoms with Gasteiger partial charge in [-0.15, -0.1) is 11.3 Å². The monoisotopic (exact) mass is 289 g/mol. The second-order valence-electron chi connectivity index (χ2n) is 4.74. The van der Waals surface area contributed by atoms with E-state index in [0.29, 0.717) is 17.3 Å². The van der Waals surface area contributed by atoms with Crippen molar-refractivity contribution in [2.45, 2.75) is 19.4 Å². The van der Waals surface area contributed by atoms with Gasteiger partial charge >= 0.3 is 0 Å². The van der Waals surface area contributed by atoms with Crippen molar-refractivity contribution in [1.29, 1.82) is 0 Å². The molecule has 0 saturated carbocycles. The minimum absolute atomic E-state index is 0.131.